The molecule has 0 fully saturated rings. The van der Waals surface area contributed by atoms with Gasteiger partial charge in [-0.2, -0.15) is 25.3 Å². The first-order chi connectivity index (χ1) is 23.7. The van der Waals surface area contributed by atoms with Gasteiger partial charge in [-0.1, -0.05) is 114 Å². The molecule has 0 saturated heterocycles. The van der Waals surface area contributed by atoms with Gasteiger partial charge in [-0.15, -0.1) is 0 Å². The van der Waals surface area contributed by atoms with Crippen LogP contribution in [0.25, 0.3) is 0 Å². The number of benzene rings is 4. The van der Waals surface area contributed by atoms with Crippen LogP contribution in [0.1, 0.15) is 34.6 Å². The molecule has 4 aromatic rings. The fourth-order valence-electron chi connectivity index (χ4n) is 5.06. The van der Waals surface area contributed by atoms with E-state index in [0.29, 0.717) is 16.5 Å². The highest BCUT2D eigenvalue weighted by atomic mass is 35.5. The van der Waals surface area contributed by atoms with Crippen LogP contribution in [-0.2, 0) is 43.2 Å². The SMILES string of the molecule is N[C@@H](CS(=O)(=O)O)C(c1ccccc1)c1ccccc1.N[C@H](CCc1ccccc1)CS(=O)(=O)O.N[C@H](Cc1cc(Cl)cc(Cl)c1)CS(=O)(=O)O. The predicted octanol–water partition coefficient (Wildman–Crippen LogP) is 4.62. The molecule has 9 N–H and O–H groups in total. The number of aryl methyl sites for hydroxylation is 1. The molecule has 4 rings (SSSR count). The lowest BCUT2D eigenvalue weighted by atomic mass is 9.86. The van der Waals surface area contributed by atoms with Crippen molar-refractivity contribution in [2.75, 3.05) is 17.3 Å². The Morgan fingerprint density at radius 1 is 0.529 bits per heavy atom. The Balaban J connectivity index is 0.000000269. The first-order valence-electron chi connectivity index (χ1n) is 15.4. The van der Waals surface area contributed by atoms with E-state index in [2.05, 4.69) is 0 Å². The van der Waals surface area contributed by atoms with Crippen molar-refractivity contribution in [1.29, 1.82) is 0 Å². The van der Waals surface area contributed by atoms with E-state index in [0.717, 1.165) is 28.7 Å². The zero-order valence-electron chi connectivity index (χ0n) is 27.4. The van der Waals surface area contributed by atoms with Crippen LogP contribution >= 0.6 is 23.2 Å². The van der Waals surface area contributed by atoms with Crippen LogP contribution < -0.4 is 17.2 Å². The van der Waals surface area contributed by atoms with Crippen molar-refractivity contribution in [3.8, 4) is 0 Å². The quantitative estimate of drug-likeness (QED) is 0.0958. The number of rotatable bonds is 14. The molecule has 0 heterocycles. The molecule has 0 bridgehead atoms. The summed E-state index contributed by atoms with van der Waals surface area (Å²) in [6, 6.07) is 31.5. The number of hydrogen-bond donors (Lipinski definition) is 6. The Morgan fingerprint density at radius 2 is 0.922 bits per heavy atom. The number of hydrogen-bond acceptors (Lipinski definition) is 9. The predicted molar refractivity (Wildman–Crippen MR) is 203 cm³/mol. The van der Waals surface area contributed by atoms with Crippen molar-refractivity contribution in [1.82, 2.24) is 0 Å². The van der Waals surface area contributed by atoms with Crippen LogP contribution in [0, 0.1) is 0 Å². The van der Waals surface area contributed by atoms with Crippen molar-refractivity contribution in [2.24, 2.45) is 17.2 Å². The summed E-state index contributed by atoms with van der Waals surface area (Å²) in [7, 11) is -12.1. The van der Waals surface area contributed by atoms with Gasteiger partial charge >= 0.3 is 0 Å². The molecule has 0 unspecified atom stereocenters. The van der Waals surface area contributed by atoms with Gasteiger partial charge in [0.2, 0.25) is 0 Å². The van der Waals surface area contributed by atoms with E-state index in [4.69, 9.17) is 54.1 Å². The van der Waals surface area contributed by atoms with Gasteiger partial charge in [0, 0.05) is 34.1 Å². The fourth-order valence-corrected chi connectivity index (χ4v) is 7.68. The third-order valence-electron chi connectivity index (χ3n) is 7.06. The first kappa shape index (κ1) is 44.2. The summed E-state index contributed by atoms with van der Waals surface area (Å²) in [6.07, 6.45) is 1.54. The molecule has 12 nitrogen and oxygen atoms in total. The number of halogens is 2. The largest absolute Gasteiger partial charge is 0.327 e. The molecule has 17 heteroatoms. The van der Waals surface area contributed by atoms with Gasteiger partial charge in [0.15, 0.2) is 0 Å². The molecule has 0 amide bonds. The Morgan fingerprint density at radius 3 is 1.33 bits per heavy atom. The molecular weight excluding hydrogens is 761 g/mol. The van der Waals surface area contributed by atoms with Crippen molar-refractivity contribution in [3.05, 3.63) is 141 Å². The average Bonchev–Trinajstić information content (AvgIpc) is 2.99. The Hall–Kier alpha value is -2.93. The zero-order chi connectivity index (χ0) is 38.2. The van der Waals surface area contributed by atoms with Crippen LogP contribution in [-0.4, -0.2) is 74.3 Å². The first-order valence-corrected chi connectivity index (χ1v) is 21.0. The molecule has 0 saturated carbocycles. The smallest absolute Gasteiger partial charge is 0.266 e. The highest BCUT2D eigenvalue weighted by Crippen LogP contribution is 2.27. The van der Waals surface area contributed by atoms with Gasteiger partial charge < -0.3 is 17.2 Å². The lowest BCUT2D eigenvalue weighted by molar-refractivity contribution is 0.471. The Bertz CT molecular complexity index is 1900. The number of nitrogens with two attached hydrogens (primary N) is 3. The maximum Gasteiger partial charge on any atom is 0.266 e. The standard InChI is InChI=1S/C15H17NO3S.C10H15NO3S.C9H11Cl2NO3S/c16-14(11-20(17,18)19)15(12-7-3-1-4-8-12)13-9-5-2-6-10-13;11-10(8-15(12,13)14)7-6-9-4-2-1-3-5-9;10-7-1-6(2-8(11)4-7)3-9(12)5-16(13,14)15/h1-10,14-15H,11,16H2,(H,17,18,19);1-5,10H,6-8,11H2,(H,12,13,14);1-2,4,9H,3,5,12H2,(H,13,14,15)/t14-;10-;9-/m011/s1. The van der Waals surface area contributed by atoms with E-state index < -0.39 is 60.0 Å². The highest BCUT2D eigenvalue weighted by molar-refractivity contribution is 7.86. The van der Waals surface area contributed by atoms with E-state index in [1.807, 2.05) is 91.0 Å². The lowest BCUT2D eigenvalue weighted by Crippen LogP contribution is -2.36. The van der Waals surface area contributed by atoms with Crippen LogP contribution in [0.3, 0.4) is 0 Å². The second-order valence-corrected chi connectivity index (χ2v) is 17.1. The summed E-state index contributed by atoms with van der Waals surface area (Å²) in [4.78, 5) is 0. The van der Waals surface area contributed by atoms with Crippen LogP contribution in [0.2, 0.25) is 10.0 Å². The van der Waals surface area contributed by atoms with Crippen LogP contribution in [0.4, 0.5) is 0 Å². The lowest BCUT2D eigenvalue weighted by Gasteiger charge is -2.24. The molecule has 0 aromatic heterocycles. The minimum absolute atomic E-state index is 0.278. The van der Waals surface area contributed by atoms with Gasteiger partial charge in [0.25, 0.3) is 30.4 Å². The zero-order valence-corrected chi connectivity index (χ0v) is 31.4. The minimum atomic E-state index is -4.11. The van der Waals surface area contributed by atoms with E-state index in [1.165, 1.54) is 0 Å². The topological polar surface area (TPSA) is 241 Å². The third kappa shape index (κ3) is 20.0. The van der Waals surface area contributed by atoms with Crippen LogP contribution in [0.5, 0.6) is 0 Å². The van der Waals surface area contributed by atoms with Gasteiger partial charge in [-0.3, -0.25) is 13.7 Å². The van der Waals surface area contributed by atoms with Crippen molar-refractivity contribution in [3.63, 3.8) is 0 Å². The van der Waals surface area contributed by atoms with Crippen molar-refractivity contribution >= 4 is 53.6 Å². The summed E-state index contributed by atoms with van der Waals surface area (Å²) in [5.74, 6) is -1.61. The highest BCUT2D eigenvalue weighted by Gasteiger charge is 2.25. The summed E-state index contributed by atoms with van der Waals surface area (Å²) >= 11 is 11.5. The van der Waals surface area contributed by atoms with E-state index in [-0.39, 0.29) is 18.1 Å². The molecule has 3 atom stereocenters. The fraction of sp³-hybridized carbons (Fsp3) is 0.294. The molecule has 51 heavy (non-hydrogen) atoms. The molecule has 0 aliphatic rings. The molecule has 0 spiro atoms. The van der Waals surface area contributed by atoms with E-state index in [1.54, 1.807) is 18.2 Å². The van der Waals surface area contributed by atoms with Gasteiger partial charge in [-0.25, -0.2) is 0 Å². The molecule has 4 aromatic carbocycles. The second kappa shape index (κ2) is 20.9. The summed E-state index contributed by atoms with van der Waals surface area (Å²) in [5, 5.41) is 0.920. The summed E-state index contributed by atoms with van der Waals surface area (Å²) in [6.45, 7) is 0. The molecule has 0 aliphatic heterocycles. The summed E-state index contributed by atoms with van der Waals surface area (Å²) in [5.41, 5.74) is 20.9. The molecule has 0 aliphatic carbocycles. The Labute approximate surface area is 310 Å². The Kier molecular flexibility index (Phi) is 18.2. The minimum Gasteiger partial charge on any atom is -0.327 e. The molecule has 0 radical (unpaired) electrons. The normalized spacial score (nSPS) is 13.6. The monoisotopic (exact) mass is 803 g/mol. The third-order valence-corrected chi connectivity index (χ3v) is 10.0. The molecular formula is C34H43Cl2N3O9S3. The average molecular weight is 805 g/mol. The van der Waals surface area contributed by atoms with Gasteiger partial charge in [-0.05, 0) is 59.7 Å². The van der Waals surface area contributed by atoms with Crippen LogP contribution in [0.15, 0.2) is 109 Å². The summed E-state index contributed by atoms with van der Waals surface area (Å²) < 4.78 is 90.6. The van der Waals surface area contributed by atoms with E-state index in [9.17, 15) is 25.3 Å². The second-order valence-electron chi connectivity index (χ2n) is 11.7. The maximum atomic E-state index is 11.1. The van der Waals surface area contributed by atoms with E-state index >= 15 is 0 Å². The maximum absolute atomic E-state index is 11.1. The van der Waals surface area contributed by atoms with Crippen molar-refractivity contribution in [2.45, 2.75) is 43.3 Å². The van der Waals surface area contributed by atoms with Gasteiger partial charge in [0.1, 0.15) is 0 Å². The van der Waals surface area contributed by atoms with Crippen molar-refractivity contribution < 1.29 is 38.9 Å². The molecule has 280 valence electrons. The van der Waals surface area contributed by atoms with Gasteiger partial charge in [0.05, 0.1) is 17.3 Å².